The van der Waals surface area contributed by atoms with Gasteiger partial charge in [-0.05, 0) is 23.3 Å². The van der Waals surface area contributed by atoms with Gasteiger partial charge in [0.05, 0.1) is 7.11 Å². The summed E-state index contributed by atoms with van der Waals surface area (Å²) in [5, 5.41) is 5.34. The zero-order valence-electron chi connectivity index (χ0n) is 16.3. The molecule has 1 heterocycles. The Kier molecular flexibility index (Phi) is 6.52. The number of carbonyl (C=O) groups is 2. The van der Waals surface area contributed by atoms with Crippen molar-refractivity contribution in [2.24, 2.45) is 0 Å². The molecule has 3 rings (SSSR count). The van der Waals surface area contributed by atoms with Gasteiger partial charge in [0.1, 0.15) is 11.8 Å². The lowest BCUT2D eigenvalue weighted by atomic mass is 10.0. The van der Waals surface area contributed by atoms with E-state index >= 15 is 0 Å². The van der Waals surface area contributed by atoms with Crippen molar-refractivity contribution in [3.63, 3.8) is 0 Å². The molecule has 2 amide bonds. The maximum Gasteiger partial charge on any atom is 0.249 e. The van der Waals surface area contributed by atoms with E-state index in [-0.39, 0.29) is 11.9 Å². The van der Waals surface area contributed by atoms with E-state index in [2.05, 4.69) is 20.6 Å². The van der Waals surface area contributed by atoms with Gasteiger partial charge in [0.15, 0.2) is 0 Å². The van der Waals surface area contributed by atoms with E-state index in [0.717, 1.165) is 16.7 Å². The Morgan fingerprint density at radius 1 is 1.00 bits per heavy atom. The molecule has 1 aromatic heterocycles. The van der Waals surface area contributed by atoms with Crippen LogP contribution in [0.15, 0.2) is 67.0 Å². The number of aromatic nitrogens is 2. The molecule has 0 aliphatic carbocycles. The van der Waals surface area contributed by atoms with E-state index < -0.39 is 11.9 Å². The van der Waals surface area contributed by atoms with Crippen molar-refractivity contribution in [3.8, 4) is 16.9 Å². The standard InChI is InChI=1S/C22H22N4O3/c1-15(27)25-20(12-16-7-6-10-19(11-16)29-2)21(28)26-22-23-13-18(14-24-22)17-8-4-3-5-9-17/h3-11,13-14,20H,12H2,1-2H3,(H,25,27)(H,23,24,26,28). The Balaban J connectivity index is 1.71. The highest BCUT2D eigenvalue weighted by atomic mass is 16.5. The molecule has 2 aromatic carbocycles. The van der Waals surface area contributed by atoms with Crippen molar-refractivity contribution >= 4 is 17.8 Å². The smallest absolute Gasteiger partial charge is 0.249 e. The third-order valence-corrected chi connectivity index (χ3v) is 4.26. The van der Waals surface area contributed by atoms with Gasteiger partial charge in [-0.25, -0.2) is 9.97 Å². The summed E-state index contributed by atoms with van der Waals surface area (Å²) in [6.45, 7) is 1.37. The van der Waals surface area contributed by atoms with E-state index in [9.17, 15) is 9.59 Å². The molecule has 0 aliphatic heterocycles. The molecule has 0 saturated carbocycles. The number of methoxy groups -OCH3 is 1. The number of nitrogens with one attached hydrogen (secondary N) is 2. The topological polar surface area (TPSA) is 93.2 Å². The van der Waals surface area contributed by atoms with Crippen molar-refractivity contribution in [3.05, 3.63) is 72.6 Å². The molecule has 3 aromatic rings. The minimum atomic E-state index is -0.767. The summed E-state index contributed by atoms with van der Waals surface area (Å²) >= 11 is 0. The number of nitrogens with zero attached hydrogens (tertiary/aromatic N) is 2. The quantitative estimate of drug-likeness (QED) is 0.647. The summed E-state index contributed by atoms with van der Waals surface area (Å²) in [6.07, 6.45) is 3.60. The molecule has 0 spiro atoms. The third kappa shape index (κ3) is 5.62. The fourth-order valence-corrected chi connectivity index (χ4v) is 2.86. The summed E-state index contributed by atoms with van der Waals surface area (Å²) in [4.78, 5) is 32.7. The van der Waals surface area contributed by atoms with E-state index in [1.54, 1.807) is 19.5 Å². The number of anilines is 1. The van der Waals surface area contributed by atoms with Gasteiger partial charge < -0.3 is 10.1 Å². The van der Waals surface area contributed by atoms with Gasteiger partial charge in [0.25, 0.3) is 0 Å². The Morgan fingerprint density at radius 3 is 2.38 bits per heavy atom. The molecule has 1 atom stereocenters. The van der Waals surface area contributed by atoms with Crippen LogP contribution in [0.1, 0.15) is 12.5 Å². The zero-order chi connectivity index (χ0) is 20.6. The van der Waals surface area contributed by atoms with Crippen LogP contribution in [0.4, 0.5) is 5.95 Å². The van der Waals surface area contributed by atoms with E-state index in [1.165, 1.54) is 6.92 Å². The van der Waals surface area contributed by atoms with Crippen LogP contribution >= 0.6 is 0 Å². The summed E-state index contributed by atoms with van der Waals surface area (Å²) in [5.41, 5.74) is 2.69. The van der Waals surface area contributed by atoms with Crippen LogP contribution in [0, 0.1) is 0 Å². The highest BCUT2D eigenvalue weighted by Gasteiger charge is 2.21. The van der Waals surface area contributed by atoms with Crippen LogP contribution in [0.25, 0.3) is 11.1 Å². The van der Waals surface area contributed by atoms with Crippen LogP contribution in [0.3, 0.4) is 0 Å². The van der Waals surface area contributed by atoms with Crippen molar-refractivity contribution in [1.29, 1.82) is 0 Å². The monoisotopic (exact) mass is 390 g/mol. The number of hydrogen-bond donors (Lipinski definition) is 2. The normalized spacial score (nSPS) is 11.4. The average molecular weight is 390 g/mol. The molecule has 2 N–H and O–H groups in total. The average Bonchev–Trinajstić information content (AvgIpc) is 2.74. The summed E-state index contributed by atoms with van der Waals surface area (Å²) in [6, 6.07) is 16.3. The first kappa shape index (κ1) is 20.0. The van der Waals surface area contributed by atoms with E-state index in [4.69, 9.17) is 4.74 Å². The van der Waals surface area contributed by atoms with Crippen molar-refractivity contribution in [1.82, 2.24) is 15.3 Å². The lowest BCUT2D eigenvalue weighted by Crippen LogP contribution is -2.44. The molecule has 0 aliphatic rings. The first-order chi connectivity index (χ1) is 14.0. The van der Waals surface area contributed by atoms with Gasteiger partial charge in [-0.1, -0.05) is 42.5 Å². The van der Waals surface area contributed by atoms with Crippen LogP contribution in [-0.4, -0.2) is 34.9 Å². The molecule has 0 radical (unpaired) electrons. The molecule has 7 nitrogen and oxygen atoms in total. The molecule has 148 valence electrons. The maximum absolute atomic E-state index is 12.7. The number of benzene rings is 2. The second kappa shape index (κ2) is 9.45. The number of hydrogen-bond acceptors (Lipinski definition) is 5. The Labute approximate surface area is 169 Å². The molecule has 0 fully saturated rings. The molecular weight excluding hydrogens is 368 g/mol. The zero-order valence-corrected chi connectivity index (χ0v) is 16.3. The second-order valence-electron chi connectivity index (χ2n) is 6.46. The van der Waals surface area contributed by atoms with Gasteiger partial charge in [0, 0.05) is 31.3 Å². The number of carbonyl (C=O) groups excluding carboxylic acids is 2. The van der Waals surface area contributed by atoms with Crippen LogP contribution < -0.4 is 15.4 Å². The Morgan fingerprint density at radius 2 is 1.72 bits per heavy atom. The number of ether oxygens (including phenoxy) is 1. The van der Waals surface area contributed by atoms with Gasteiger partial charge in [-0.15, -0.1) is 0 Å². The fourth-order valence-electron chi connectivity index (χ4n) is 2.86. The maximum atomic E-state index is 12.7. The lowest BCUT2D eigenvalue weighted by molar-refractivity contribution is -0.125. The lowest BCUT2D eigenvalue weighted by Gasteiger charge is -2.17. The predicted octanol–water partition coefficient (Wildman–Crippen LogP) is 2.84. The minimum Gasteiger partial charge on any atom is -0.497 e. The van der Waals surface area contributed by atoms with Crippen LogP contribution in [0.5, 0.6) is 5.75 Å². The molecule has 0 saturated heterocycles. The minimum absolute atomic E-state index is 0.177. The van der Waals surface area contributed by atoms with Crippen LogP contribution in [0.2, 0.25) is 0 Å². The SMILES string of the molecule is COc1cccc(CC(NC(C)=O)C(=O)Nc2ncc(-c3ccccc3)cn2)c1. The molecule has 29 heavy (non-hydrogen) atoms. The van der Waals surface area contributed by atoms with Gasteiger partial charge in [0.2, 0.25) is 17.8 Å². The fraction of sp³-hybridized carbons (Fsp3) is 0.182. The number of rotatable bonds is 7. The molecule has 7 heteroatoms. The highest BCUT2D eigenvalue weighted by molar-refractivity contribution is 5.96. The largest absolute Gasteiger partial charge is 0.497 e. The Bertz CT molecular complexity index is 975. The van der Waals surface area contributed by atoms with Gasteiger partial charge in [-0.2, -0.15) is 0 Å². The summed E-state index contributed by atoms with van der Waals surface area (Å²) in [7, 11) is 1.58. The highest BCUT2D eigenvalue weighted by Crippen LogP contribution is 2.18. The predicted molar refractivity (Wildman–Crippen MR) is 110 cm³/mol. The van der Waals surface area contributed by atoms with Gasteiger partial charge >= 0.3 is 0 Å². The van der Waals surface area contributed by atoms with Crippen molar-refractivity contribution in [2.45, 2.75) is 19.4 Å². The van der Waals surface area contributed by atoms with E-state index in [1.807, 2.05) is 54.6 Å². The van der Waals surface area contributed by atoms with Crippen molar-refractivity contribution in [2.75, 3.05) is 12.4 Å². The summed E-state index contributed by atoms with van der Waals surface area (Å²) < 4.78 is 5.21. The van der Waals surface area contributed by atoms with Crippen molar-refractivity contribution < 1.29 is 14.3 Å². The molecular formula is C22H22N4O3. The van der Waals surface area contributed by atoms with E-state index in [0.29, 0.717) is 12.2 Å². The first-order valence-electron chi connectivity index (χ1n) is 9.13. The first-order valence-corrected chi connectivity index (χ1v) is 9.13. The molecule has 1 unspecified atom stereocenters. The van der Waals surface area contributed by atoms with Crippen LogP contribution in [-0.2, 0) is 16.0 Å². The molecule has 0 bridgehead atoms. The van der Waals surface area contributed by atoms with Gasteiger partial charge in [-0.3, -0.25) is 14.9 Å². The third-order valence-electron chi connectivity index (χ3n) is 4.26. The Hall–Kier alpha value is -3.74. The second-order valence-corrected chi connectivity index (χ2v) is 6.46. The summed E-state index contributed by atoms with van der Waals surface area (Å²) in [5.74, 6) is 0.170. The number of amides is 2.